The van der Waals surface area contributed by atoms with Crippen LogP contribution in [0.1, 0.15) is 30.4 Å². The molecule has 1 fully saturated rings. The number of hydrogen-bond acceptors (Lipinski definition) is 4. The van der Waals surface area contributed by atoms with Gasteiger partial charge in [-0.25, -0.2) is 4.79 Å². The molecule has 0 radical (unpaired) electrons. The number of alkyl carbamates (subject to hydrolysis) is 1. The van der Waals surface area contributed by atoms with E-state index in [9.17, 15) is 14.4 Å². The number of amides is 2. The fraction of sp³-hybridized carbons (Fsp3) is 0.346. The molecule has 2 aliphatic rings. The minimum Gasteiger partial charge on any atom is -0.481 e. The summed E-state index contributed by atoms with van der Waals surface area (Å²) < 4.78 is 5.44. The fourth-order valence-corrected chi connectivity index (χ4v) is 4.65. The summed E-state index contributed by atoms with van der Waals surface area (Å²) in [6.07, 6.45) is -0.545. The monoisotopic (exact) mass is 446 g/mol. The Morgan fingerprint density at radius 2 is 1.70 bits per heavy atom. The van der Waals surface area contributed by atoms with E-state index in [0.717, 1.165) is 22.3 Å². The van der Waals surface area contributed by atoms with Crippen LogP contribution in [0.2, 0.25) is 0 Å². The number of nitrogens with one attached hydrogen (secondary N) is 1. The largest absolute Gasteiger partial charge is 0.481 e. The highest BCUT2D eigenvalue weighted by Gasteiger charge is 2.33. The maximum atomic E-state index is 12.3. The normalized spacial score (nSPS) is 18.6. The molecular weight excluding hydrogens is 420 g/mol. The van der Waals surface area contributed by atoms with Gasteiger partial charge in [-0.3, -0.25) is 9.59 Å². The summed E-state index contributed by atoms with van der Waals surface area (Å²) in [5, 5.41) is 11.5. The van der Waals surface area contributed by atoms with E-state index in [4.69, 9.17) is 9.84 Å². The summed E-state index contributed by atoms with van der Waals surface area (Å²) in [4.78, 5) is 36.9. The second kappa shape index (κ2) is 9.78. The molecule has 0 aromatic heterocycles. The van der Waals surface area contributed by atoms with Crippen molar-refractivity contribution in [3.8, 4) is 23.0 Å². The Hall–Kier alpha value is -3.79. The minimum absolute atomic E-state index is 0.00956. The van der Waals surface area contributed by atoms with Gasteiger partial charge in [0.15, 0.2) is 0 Å². The molecule has 170 valence electrons. The lowest BCUT2D eigenvalue weighted by Crippen LogP contribution is -2.29. The van der Waals surface area contributed by atoms with Gasteiger partial charge in [-0.15, -0.1) is 0 Å². The molecule has 2 unspecified atom stereocenters. The Kier molecular flexibility index (Phi) is 6.64. The number of carbonyl (C=O) groups is 3. The summed E-state index contributed by atoms with van der Waals surface area (Å²) >= 11 is 0. The number of aliphatic carboxylic acids is 1. The maximum absolute atomic E-state index is 12.3. The standard InChI is InChI=1S/C26H26N2O5/c1-17-14-28(15-18(17)13-25(30)31)24(29)11-6-12-27-26(32)33-16-23-21-9-4-2-7-19(21)20-8-3-5-10-22(20)23/h2-5,7-10,17-18,23H,12-16H2,1H3,(H,27,32)(H,30,31). The Bertz CT molecular complexity index is 1090. The number of benzene rings is 2. The summed E-state index contributed by atoms with van der Waals surface area (Å²) in [6, 6.07) is 16.2. The van der Waals surface area contributed by atoms with Crippen molar-refractivity contribution < 1.29 is 24.2 Å². The van der Waals surface area contributed by atoms with Crippen LogP contribution in [0.25, 0.3) is 11.1 Å². The molecular formula is C26H26N2O5. The molecule has 2 aromatic rings. The lowest BCUT2D eigenvalue weighted by Gasteiger charge is -2.14. The van der Waals surface area contributed by atoms with Crippen molar-refractivity contribution in [3.05, 3.63) is 59.7 Å². The third kappa shape index (κ3) is 5.01. The second-order valence-corrected chi connectivity index (χ2v) is 8.53. The Balaban J connectivity index is 1.26. The van der Waals surface area contributed by atoms with Crippen LogP contribution in [0.4, 0.5) is 4.79 Å². The number of rotatable bonds is 5. The number of carboxylic acids is 1. The molecule has 2 amide bonds. The first-order valence-electron chi connectivity index (χ1n) is 11.0. The molecule has 1 heterocycles. The zero-order valence-corrected chi connectivity index (χ0v) is 18.4. The van der Waals surface area contributed by atoms with Crippen LogP contribution < -0.4 is 5.32 Å². The van der Waals surface area contributed by atoms with Crippen molar-refractivity contribution in [1.29, 1.82) is 0 Å². The molecule has 2 atom stereocenters. The Morgan fingerprint density at radius 3 is 2.33 bits per heavy atom. The van der Waals surface area contributed by atoms with Crippen molar-refractivity contribution in [2.24, 2.45) is 11.8 Å². The maximum Gasteiger partial charge on any atom is 0.407 e. The molecule has 1 aliphatic carbocycles. The van der Waals surface area contributed by atoms with Gasteiger partial charge in [0.2, 0.25) is 0 Å². The van der Waals surface area contributed by atoms with Gasteiger partial charge in [-0.1, -0.05) is 61.4 Å². The van der Waals surface area contributed by atoms with Crippen LogP contribution in [0, 0.1) is 23.7 Å². The first-order chi connectivity index (χ1) is 15.9. The molecule has 33 heavy (non-hydrogen) atoms. The van der Waals surface area contributed by atoms with Crippen molar-refractivity contribution in [2.75, 3.05) is 26.2 Å². The van der Waals surface area contributed by atoms with Crippen molar-refractivity contribution in [3.63, 3.8) is 0 Å². The van der Waals surface area contributed by atoms with Gasteiger partial charge >= 0.3 is 12.1 Å². The van der Waals surface area contributed by atoms with Gasteiger partial charge in [0.25, 0.3) is 5.91 Å². The van der Waals surface area contributed by atoms with Gasteiger partial charge in [0, 0.05) is 19.0 Å². The molecule has 4 rings (SSSR count). The van der Waals surface area contributed by atoms with Crippen LogP contribution in [-0.4, -0.2) is 54.2 Å². The summed E-state index contributed by atoms with van der Waals surface area (Å²) in [7, 11) is 0. The van der Waals surface area contributed by atoms with Crippen LogP contribution in [0.5, 0.6) is 0 Å². The van der Waals surface area contributed by atoms with Gasteiger partial charge in [-0.2, -0.15) is 0 Å². The quantitative estimate of drug-likeness (QED) is 0.688. The number of hydrogen-bond donors (Lipinski definition) is 2. The average Bonchev–Trinajstić information content (AvgIpc) is 3.32. The van der Waals surface area contributed by atoms with Crippen molar-refractivity contribution >= 4 is 18.0 Å². The number of carbonyl (C=O) groups excluding carboxylic acids is 2. The highest BCUT2D eigenvalue weighted by Crippen LogP contribution is 2.44. The SMILES string of the molecule is CC1CN(C(=O)C#CCNC(=O)OCC2c3ccccc3-c3ccccc32)CC1CC(=O)O. The molecule has 1 aliphatic heterocycles. The first-order valence-corrected chi connectivity index (χ1v) is 11.0. The van der Waals surface area contributed by atoms with Crippen LogP contribution in [-0.2, 0) is 14.3 Å². The van der Waals surface area contributed by atoms with E-state index in [1.54, 1.807) is 4.90 Å². The van der Waals surface area contributed by atoms with Crippen LogP contribution in [0.3, 0.4) is 0 Å². The van der Waals surface area contributed by atoms with Crippen molar-refractivity contribution in [2.45, 2.75) is 19.3 Å². The molecule has 0 spiro atoms. The summed E-state index contributed by atoms with van der Waals surface area (Å²) in [5.74, 6) is 3.98. The Labute approximate surface area is 192 Å². The zero-order chi connectivity index (χ0) is 23.4. The first kappa shape index (κ1) is 22.4. The van der Waals surface area contributed by atoms with E-state index in [-0.39, 0.29) is 43.2 Å². The van der Waals surface area contributed by atoms with E-state index in [2.05, 4.69) is 41.4 Å². The predicted octanol–water partition coefficient (Wildman–Crippen LogP) is 3.10. The highest BCUT2D eigenvalue weighted by molar-refractivity contribution is 5.93. The number of likely N-dealkylation sites (tertiary alicyclic amines) is 1. The molecule has 1 saturated heterocycles. The second-order valence-electron chi connectivity index (χ2n) is 8.53. The molecule has 7 heteroatoms. The van der Waals surface area contributed by atoms with Crippen LogP contribution >= 0.6 is 0 Å². The average molecular weight is 447 g/mol. The number of ether oxygens (including phenoxy) is 1. The topological polar surface area (TPSA) is 95.9 Å². The smallest absolute Gasteiger partial charge is 0.407 e. The van der Waals surface area contributed by atoms with Crippen molar-refractivity contribution in [1.82, 2.24) is 10.2 Å². The molecule has 2 N–H and O–H groups in total. The Morgan fingerprint density at radius 1 is 1.06 bits per heavy atom. The number of carboxylic acid groups (broad SMARTS) is 1. The van der Waals surface area contributed by atoms with E-state index in [1.165, 1.54) is 0 Å². The summed E-state index contributed by atoms with van der Waals surface area (Å²) in [5.41, 5.74) is 4.59. The van der Waals surface area contributed by atoms with E-state index >= 15 is 0 Å². The third-order valence-corrected chi connectivity index (χ3v) is 6.35. The van der Waals surface area contributed by atoms with E-state index in [1.807, 2.05) is 31.2 Å². The molecule has 0 bridgehead atoms. The van der Waals surface area contributed by atoms with Gasteiger partial charge in [0.05, 0.1) is 13.0 Å². The van der Waals surface area contributed by atoms with Gasteiger partial charge < -0.3 is 20.1 Å². The summed E-state index contributed by atoms with van der Waals surface area (Å²) in [6.45, 7) is 3.02. The van der Waals surface area contributed by atoms with E-state index < -0.39 is 12.1 Å². The minimum atomic E-state index is -0.862. The number of nitrogens with zero attached hydrogens (tertiary/aromatic N) is 1. The third-order valence-electron chi connectivity index (χ3n) is 6.35. The van der Waals surface area contributed by atoms with Crippen LogP contribution in [0.15, 0.2) is 48.5 Å². The molecule has 7 nitrogen and oxygen atoms in total. The fourth-order valence-electron chi connectivity index (χ4n) is 4.65. The number of fused-ring (bicyclic) bond motifs is 3. The highest BCUT2D eigenvalue weighted by atomic mass is 16.5. The van der Waals surface area contributed by atoms with Gasteiger partial charge in [0.1, 0.15) is 6.61 Å². The zero-order valence-electron chi connectivity index (χ0n) is 18.4. The molecule has 0 saturated carbocycles. The predicted molar refractivity (Wildman–Crippen MR) is 122 cm³/mol. The van der Waals surface area contributed by atoms with E-state index in [0.29, 0.717) is 13.1 Å². The molecule has 2 aromatic carbocycles. The lowest BCUT2D eigenvalue weighted by molar-refractivity contribution is -0.138. The lowest BCUT2D eigenvalue weighted by atomic mass is 9.95. The van der Waals surface area contributed by atoms with Gasteiger partial charge in [-0.05, 0) is 40.0 Å².